The molecule has 0 heterocycles. The van der Waals surface area contributed by atoms with E-state index in [1.165, 1.54) is 0 Å². The molecule has 0 aliphatic rings. The quantitative estimate of drug-likeness (QED) is 0.895. The topological polar surface area (TPSA) is 35.2 Å². The van der Waals surface area contributed by atoms with Crippen LogP contribution in [0.15, 0.2) is 42.5 Å². The third kappa shape index (κ3) is 3.63. The van der Waals surface area contributed by atoms with Crippen molar-refractivity contribution < 1.29 is 4.74 Å². The largest absolute Gasteiger partial charge is 0.489 e. The number of hydrogen-bond donors (Lipinski definition) is 1. The van der Waals surface area contributed by atoms with E-state index in [0.29, 0.717) is 16.7 Å². The zero-order valence-corrected chi connectivity index (χ0v) is 12.1. The minimum Gasteiger partial charge on any atom is -0.489 e. The molecule has 100 valence electrons. The van der Waals surface area contributed by atoms with Gasteiger partial charge in [0, 0.05) is 27.2 Å². The van der Waals surface area contributed by atoms with Gasteiger partial charge in [-0.25, -0.2) is 0 Å². The van der Waals surface area contributed by atoms with Crippen molar-refractivity contribution in [2.75, 3.05) is 0 Å². The van der Waals surface area contributed by atoms with E-state index in [2.05, 4.69) is 0 Å². The van der Waals surface area contributed by atoms with Crippen LogP contribution in [0.25, 0.3) is 0 Å². The zero-order chi connectivity index (χ0) is 13.8. The van der Waals surface area contributed by atoms with Gasteiger partial charge in [0.2, 0.25) is 0 Å². The first-order valence-corrected chi connectivity index (χ1v) is 6.74. The summed E-state index contributed by atoms with van der Waals surface area (Å²) in [4.78, 5) is 0. The van der Waals surface area contributed by atoms with Gasteiger partial charge in [0.15, 0.2) is 0 Å². The zero-order valence-electron chi connectivity index (χ0n) is 10.6. The third-order valence-corrected chi connectivity index (χ3v) is 3.40. The maximum atomic E-state index is 6.10. The molecule has 1 atom stereocenters. The normalized spacial score (nSPS) is 12.2. The first-order chi connectivity index (χ1) is 9.08. The average molecular weight is 296 g/mol. The number of nitrogens with two attached hydrogens (primary N) is 1. The van der Waals surface area contributed by atoms with Gasteiger partial charge >= 0.3 is 0 Å². The summed E-state index contributed by atoms with van der Waals surface area (Å²) in [7, 11) is 0. The highest BCUT2D eigenvalue weighted by Gasteiger charge is 2.08. The lowest BCUT2D eigenvalue weighted by molar-refractivity contribution is 0.301. The molecule has 0 fully saturated rings. The van der Waals surface area contributed by atoms with Crippen molar-refractivity contribution in [1.29, 1.82) is 0 Å². The molecule has 0 spiro atoms. The van der Waals surface area contributed by atoms with Gasteiger partial charge in [-0.2, -0.15) is 0 Å². The molecule has 1 unspecified atom stereocenters. The van der Waals surface area contributed by atoms with Gasteiger partial charge in [0.25, 0.3) is 0 Å². The molecule has 0 aliphatic heterocycles. The van der Waals surface area contributed by atoms with E-state index in [1.54, 1.807) is 18.2 Å². The minimum absolute atomic E-state index is 0.0777. The van der Waals surface area contributed by atoms with Crippen LogP contribution in [0.3, 0.4) is 0 Å². The van der Waals surface area contributed by atoms with Crippen LogP contribution in [0, 0.1) is 0 Å². The summed E-state index contributed by atoms with van der Waals surface area (Å²) in [5.74, 6) is 0.772. The van der Waals surface area contributed by atoms with Crippen molar-refractivity contribution in [3.05, 3.63) is 63.6 Å². The number of halogens is 2. The smallest absolute Gasteiger partial charge is 0.124 e. The summed E-state index contributed by atoms with van der Waals surface area (Å²) in [6.45, 7) is 2.29. The molecule has 0 aliphatic carbocycles. The van der Waals surface area contributed by atoms with Gasteiger partial charge in [-0.1, -0.05) is 41.4 Å². The van der Waals surface area contributed by atoms with Crippen molar-refractivity contribution in [1.82, 2.24) is 0 Å². The number of hydrogen-bond acceptors (Lipinski definition) is 2. The van der Waals surface area contributed by atoms with Gasteiger partial charge in [-0.15, -0.1) is 0 Å². The van der Waals surface area contributed by atoms with Crippen molar-refractivity contribution in [3.63, 3.8) is 0 Å². The number of para-hydroxylation sites is 1. The average Bonchev–Trinajstić information content (AvgIpc) is 2.40. The number of benzene rings is 2. The van der Waals surface area contributed by atoms with E-state index >= 15 is 0 Å². The Bertz CT molecular complexity index is 570. The maximum absolute atomic E-state index is 6.10. The Morgan fingerprint density at radius 3 is 2.63 bits per heavy atom. The molecule has 0 amide bonds. The van der Waals surface area contributed by atoms with Crippen molar-refractivity contribution in [3.8, 4) is 5.75 Å². The van der Waals surface area contributed by atoms with Crippen LogP contribution in [-0.4, -0.2) is 0 Å². The molecule has 2 N–H and O–H groups in total. The summed E-state index contributed by atoms with van der Waals surface area (Å²) in [6.07, 6.45) is 0. The fourth-order valence-corrected chi connectivity index (χ4v) is 2.16. The maximum Gasteiger partial charge on any atom is 0.124 e. The second-order valence-electron chi connectivity index (χ2n) is 4.35. The second-order valence-corrected chi connectivity index (χ2v) is 5.19. The molecule has 19 heavy (non-hydrogen) atoms. The van der Waals surface area contributed by atoms with Crippen LogP contribution in [0.5, 0.6) is 5.75 Å². The molecule has 0 aromatic heterocycles. The molecule has 2 rings (SSSR count). The molecule has 0 saturated heterocycles. The molecule has 0 radical (unpaired) electrons. The Hall–Kier alpha value is -1.22. The summed E-state index contributed by atoms with van der Waals surface area (Å²) >= 11 is 12.0. The number of rotatable bonds is 4. The van der Waals surface area contributed by atoms with E-state index in [-0.39, 0.29) is 6.04 Å². The van der Waals surface area contributed by atoms with E-state index in [9.17, 15) is 0 Å². The monoisotopic (exact) mass is 295 g/mol. The molecule has 2 aromatic carbocycles. The van der Waals surface area contributed by atoms with Crippen molar-refractivity contribution in [2.45, 2.75) is 19.6 Å². The Balaban J connectivity index is 2.17. The Morgan fingerprint density at radius 2 is 1.89 bits per heavy atom. The molecule has 0 bridgehead atoms. The van der Waals surface area contributed by atoms with Gasteiger partial charge in [-0.3, -0.25) is 0 Å². The van der Waals surface area contributed by atoms with E-state index in [1.807, 2.05) is 31.2 Å². The Kier molecular flexibility index (Phi) is 4.70. The van der Waals surface area contributed by atoms with Crippen LogP contribution in [0.2, 0.25) is 10.0 Å². The Morgan fingerprint density at radius 1 is 1.16 bits per heavy atom. The van der Waals surface area contributed by atoms with Gasteiger partial charge in [-0.05, 0) is 31.2 Å². The van der Waals surface area contributed by atoms with Gasteiger partial charge < -0.3 is 10.5 Å². The third-order valence-electron chi connectivity index (χ3n) is 2.80. The predicted octanol–water partition coefficient (Wildman–Crippen LogP) is 4.59. The molecule has 4 heteroatoms. The highest BCUT2D eigenvalue weighted by molar-refractivity contribution is 6.33. The van der Waals surface area contributed by atoms with Crippen molar-refractivity contribution in [2.24, 2.45) is 5.73 Å². The fourth-order valence-electron chi connectivity index (χ4n) is 1.80. The summed E-state index contributed by atoms with van der Waals surface area (Å²) in [6, 6.07) is 13.0. The van der Waals surface area contributed by atoms with Gasteiger partial charge in [0.05, 0.1) is 0 Å². The molecule has 2 nitrogen and oxygen atoms in total. The van der Waals surface area contributed by atoms with Crippen LogP contribution >= 0.6 is 23.2 Å². The summed E-state index contributed by atoms with van der Waals surface area (Å²) in [5, 5.41) is 1.28. The SMILES string of the molecule is CC(N)c1ccccc1OCc1cc(Cl)ccc1Cl. The first kappa shape index (κ1) is 14.2. The standard InChI is InChI=1S/C15H15Cl2NO/c1-10(18)13-4-2-3-5-15(13)19-9-11-8-12(16)6-7-14(11)17/h2-8,10H,9,18H2,1H3. The Labute approximate surface area is 123 Å². The lowest BCUT2D eigenvalue weighted by atomic mass is 10.1. The van der Waals surface area contributed by atoms with Crippen LogP contribution in [-0.2, 0) is 6.61 Å². The molecular weight excluding hydrogens is 281 g/mol. The van der Waals surface area contributed by atoms with E-state index in [4.69, 9.17) is 33.7 Å². The fraction of sp³-hybridized carbons (Fsp3) is 0.200. The molecular formula is C15H15Cl2NO. The predicted molar refractivity (Wildman–Crippen MR) is 79.8 cm³/mol. The lowest BCUT2D eigenvalue weighted by Crippen LogP contribution is -2.08. The summed E-state index contributed by atoms with van der Waals surface area (Å²) in [5.41, 5.74) is 7.74. The van der Waals surface area contributed by atoms with Gasteiger partial charge in [0.1, 0.15) is 12.4 Å². The van der Waals surface area contributed by atoms with E-state index in [0.717, 1.165) is 16.9 Å². The van der Waals surface area contributed by atoms with Crippen LogP contribution < -0.4 is 10.5 Å². The molecule has 0 saturated carbocycles. The highest BCUT2D eigenvalue weighted by atomic mass is 35.5. The van der Waals surface area contributed by atoms with Crippen LogP contribution in [0.1, 0.15) is 24.1 Å². The van der Waals surface area contributed by atoms with E-state index < -0.39 is 0 Å². The minimum atomic E-state index is -0.0777. The van der Waals surface area contributed by atoms with Crippen LogP contribution in [0.4, 0.5) is 0 Å². The highest BCUT2D eigenvalue weighted by Crippen LogP contribution is 2.26. The molecule has 2 aromatic rings. The first-order valence-electron chi connectivity index (χ1n) is 5.99. The van der Waals surface area contributed by atoms with Crippen molar-refractivity contribution >= 4 is 23.2 Å². The second kappa shape index (κ2) is 6.29. The summed E-state index contributed by atoms with van der Waals surface area (Å²) < 4.78 is 5.80. The number of ether oxygens (including phenoxy) is 1. The lowest BCUT2D eigenvalue weighted by Gasteiger charge is -2.14.